The van der Waals surface area contributed by atoms with Crippen molar-refractivity contribution < 1.29 is 27.6 Å². The molecule has 0 spiro atoms. The predicted octanol–water partition coefficient (Wildman–Crippen LogP) is 1.33. The average molecular weight is 352 g/mol. The Morgan fingerprint density at radius 1 is 1.33 bits per heavy atom. The molecule has 2 aliphatic heterocycles. The van der Waals surface area contributed by atoms with Gasteiger partial charge in [0, 0.05) is 12.1 Å². The van der Waals surface area contributed by atoms with Gasteiger partial charge < -0.3 is 14.2 Å². The Labute approximate surface area is 136 Å². The first-order chi connectivity index (χ1) is 11.3. The molecule has 0 saturated heterocycles. The third kappa shape index (κ3) is 3.24. The molecule has 9 nitrogen and oxygen atoms in total. The van der Waals surface area contributed by atoms with E-state index in [0.717, 1.165) is 12.1 Å². The molecule has 0 saturated carbocycles. The molecule has 0 unspecified atom stereocenters. The van der Waals surface area contributed by atoms with Gasteiger partial charge in [0.25, 0.3) is 0 Å². The summed E-state index contributed by atoms with van der Waals surface area (Å²) in [6.45, 7) is -0.0141. The maximum absolute atomic E-state index is 11.3. The molecule has 1 aromatic rings. The minimum Gasteiger partial charge on any atom is -0.483 e. The summed E-state index contributed by atoms with van der Waals surface area (Å²) in [5, 5.41) is 16.1. The van der Waals surface area contributed by atoms with Crippen LogP contribution in [0.1, 0.15) is 0 Å². The zero-order chi connectivity index (χ0) is 17.3. The summed E-state index contributed by atoms with van der Waals surface area (Å²) >= 11 is 0. The minimum absolute atomic E-state index is 0.0141. The fourth-order valence-electron chi connectivity index (χ4n) is 2.16. The van der Waals surface area contributed by atoms with Crippen LogP contribution in [0.4, 0.5) is 5.69 Å². The van der Waals surface area contributed by atoms with Gasteiger partial charge in [-0.2, -0.15) is 0 Å². The lowest BCUT2D eigenvalue weighted by Crippen LogP contribution is -2.16. The number of nitro benzene ring substituents is 1. The van der Waals surface area contributed by atoms with Crippen LogP contribution in [-0.2, 0) is 19.5 Å². The molecule has 2 N–H and O–H groups in total. The van der Waals surface area contributed by atoms with Crippen LogP contribution in [0.15, 0.2) is 59.1 Å². The molecule has 0 fully saturated rings. The highest BCUT2D eigenvalue weighted by atomic mass is 32.2. The van der Waals surface area contributed by atoms with Gasteiger partial charge in [-0.05, 0) is 24.3 Å². The summed E-state index contributed by atoms with van der Waals surface area (Å²) in [4.78, 5) is 10.0. The van der Waals surface area contributed by atoms with Crippen molar-refractivity contribution in [2.24, 2.45) is 5.14 Å². The summed E-state index contributed by atoms with van der Waals surface area (Å²) in [6.07, 6.45) is 6.09. The number of nitrogens with zero attached hydrogens (tertiary/aromatic N) is 1. The van der Waals surface area contributed by atoms with Gasteiger partial charge in [0.2, 0.25) is 10.0 Å². The van der Waals surface area contributed by atoms with Gasteiger partial charge in [0.15, 0.2) is 23.4 Å². The molecule has 3 rings (SSSR count). The van der Waals surface area contributed by atoms with E-state index in [1.54, 1.807) is 18.2 Å². The second kappa shape index (κ2) is 5.98. The monoisotopic (exact) mass is 352 g/mol. The molecule has 2 aliphatic rings. The Hall–Kier alpha value is -2.85. The minimum atomic E-state index is -4.05. The first-order valence-corrected chi connectivity index (χ1v) is 8.25. The van der Waals surface area contributed by atoms with E-state index in [-0.39, 0.29) is 17.3 Å². The smallest absolute Gasteiger partial charge is 0.312 e. The van der Waals surface area contributed by atoms with Gasteiger partial charge in [-0.3, -0.25) is 10.1 Å². The molecule has 0 amide bonds. The van der Waals surface area contributed by atoms with Gasteiger partial charge in [0.05, 0.1) is 16.1 Å². The number of ether oxygens (including phenoxy) is 3. The normalized spacial score (nSPS) is 18.8. The number of primary sulfonamides is 1. The average Bonchev–Trinajstić information content (AvgIpc) is 2.94. The molecule has 0 aliphatic carbocycles. The van der Waals surface area contributed by atoms with Crippen LogP contribution < -0.4 is 9.88 Å². The van der Waals surface area contributed by atoms with Gasteiger partial charge in [-0.25, -0.2) is 13.6 Å². The van der Waals surface area contributed by atoms with Crippen LogP contribution in [-0.4, -0.2) is 26.1 Å². The van der Waals surface area contributed by atoms with E-state index in [1.165, 1.54) is 12.3 Å². The molecule has 0 bridgehead atoms. The van der Waals surface area contributed by atoms with Crippen molar-refractivity contribution in [3.8, 4) is 5.75 Å². The van der Waals surface area contributed by atoms with Crippen LogP contribution in [0.2, 0.25) is 0 Å². The number of sulfonamides is 1. The number of hydrogen-bond donors (Lipinski definition) is 1. The van der Waals surface area contributed by atoms with Gasteiger partial charge >= 0.3 is 5.69 Å². The number of benzene rings is 1. The molecular weight excluding hydrogens is 340 g/mol. The van der Waals surface area contributed by atoms with Gasteiger partial charge in [-0.15, -0.1) is 0 Å². The molecule has 0 radical (unpaired) electrons. The molecule has 126 valence electrons. The fourth-order valence-corrected chi connectivity index (χ4v) is 2.69. The molecule has 1 aromatic carbocycles. The van der Waals surface area contributed by atoms with Crippen molar-refractivity contribution in [3.05, 3.63) is 64.3 Å². The van der Waals surface area contributed by atoms with Crippen molar-refractivity contribution in [1.29, 1.82) is 0 Å². The second-order valence-electron chi connectivity index (χ2n) is 4.91. The maximum atomic E-state index is 11.3. The van der Waals surface area contributed by atoms with Crippen molar-refractivity contribution in [3.63, 3.8) is 0 Å². The predicted molar refractivity (Wildman–Crippen MR) is 81.2 cm³/mol. The SMILES string of the molecule is NS(=O)(=O)c1ccc(OC[C@@H]2C=C3OC=CC=C3O2)c([N+](=O)[O-])c1. The lowest BCUT2D eigenvalue weighted by Gasteiger charge is -2.13. The molecule has 2 heterocycles. The number of nitrogens with two attached hydrogens (primary N) is 1. The Bertz CT molecular complexity index is 886. The lowest BCUT2D eigenvalue weighted by molar-refractivity contribution is -0.386. The van der Waals surface area contributed by atoms with Crippen molar-refractivity contribution in [2.75, 3.05) is 6.61 Å². The summed E-state index contributed by atoms with van der Waals surface area (Å²) < 4.78 is 38.8. The second-order valence-corrected chi connectivity index (χ2v) is 6.47. The van der Waals surface area contributed by atoms with Crippen LogP contribution in [0, 0.1) is 10.1 Å². The fraction of sp³-hybridized carbons (Fsp3) is 0.143. The third-order valence-electron chi connectivity index (χ3n) is 3.24. The molecule has 24 heavy (non-hydrogen) atoms. The van der Waals surface area contributed by atoms with Crippen LogP contribution in [0.25, 0.3) is 0 Å². The van der Waals surface area contributed by atoms with Gasteiger partial charge in [-0.1, -0.05) is 0 Å². The number of nitro groups is 1. The van der Waals surface area contributed by atoms with E-state index >= 15 is 0 Å². The Balaban J connectivity index is 1.76. The third-order valence-corrected chi connectivity index (χ3v) is 4.15. The van der Waals surface area contributed by atoms with E-state index in [0.29, 0.717) is 11.5 Å². The highest BCUT2D eigenvalue weighted by molar-refractivity contribution is 7.89. The van der Waals surface area contributed by atoms with Gasteiger partial charge in [0.1, 0.15) is 6.61 Å². The Kier molecular flexibility index (Phi) is 3.99. The van der Waals surface area contributed by atoms with E-state index in [9.17, 15) is 18.5 Å². The summed E-state index contributed by atoms with van der Waals surface area (Å²) in [7, 11) is -4.05. The largest absolute Gasteiger partial charge is 0.483 e. The molecule has 0 aromatic heterocycles. The van der Waals surface area contributed by atoms with Crippen molar-refractivity contribution in [2.45, 2.75) is 11.0 Å². The summed E-state index contributed by atoms with van der Waals surface area (Å²) in [5.41, 5.74) is -0.498. The van der Waals surface area contributed by atoms with E-state index in [4.69, 9.17) is 19.3 Å². The van der Waals surface area contributed by atoms with Crippen molar-refractivity contribution in [1.82, 2.24) is 0 Å². The van der Waals surface area contributed by atoms with E-state index in [1.807, 2.05) is 0 Å². The van der Waals surface area contributed by atoms with Crippen molar-refractivity contribution >= 4 is 15.7 Å². The quantitative estimate of drug-likeness (QED) is 0.624. The first kappa shape index (κ1) is 16.0. The first-order valence-electron chi connectivity index (χ1n) is 6.71. The lowest BCUT2D eigenvalue weighted by atomic mass is 10.3. The van der Waals surface area contributed by atoms with E-state index in [2.05, 4.69) is 0 Å². The zero-order valence-electron chi connectivity index (χ0n) is 12.1. The number of hydrogen-bond acceptors (Lipinski definition) is 7. The Morgan fingerprint density at radius 3 is 2.79 bits per heavy atom. The number of rotatable bonds is 5. The molecular formula is C14H12N2O7S. The van der Waals surface area contributed by atoms with Crippen LogP contribution in [0.3, 0.4) is 0 Å². The Morgan fingerprint density at radius 2 is 2.12 bits per heavy atom. The summed E-state index contributed by atoms with van der Waals surface area (Å²) in [5.74, 6) is 1.01. The van der Waals surface area contributed by atoms with E-state index < -0.39 is 26.7 Å². The highest BCUT2D eigenvalue weighted by Gasteiger charge is 2.26. The number of fused-ring (bicyclic) bond motifs is 1. The summed E-state index contributed by atoms with van der Waals surface area (Å²) in [6, 6.07) is 3.18. The number of allylic oxidation sites excluding steroid dienone is 2. The highest BCUT2D eigenvalue weighted by Crippen LogP contribution is 2.31. The van der Waals surface area contributed by atoms with Crippen LogP contribution >= 0.6 is 0 Å². The topological polar surface area (TPSA) is 131 Å². The molecule has 1 atom stereocenters. The zero-order valence-corrected chi connectivity index (χ0v) is 12.9. The maximum Gasteiger partial charge on any atom is 0.312 e. The standard InChI is InChI=1S/C14H12N2O7S/c15-24(19,20)10-3-4-12(11(7-10)16(17)18)22-8-9-6-14-13(23-9)2-1-5-21-14/h1-7,9H,8H2,(H2,15,19,20)/t9-/m0/s1. The molecule has 10 heteroatoms. The van der Waals surface area contributed by atoms with Crippen LogP contribution in [0.5, 0.6) is 5.75 Å².